The summed E-state index contributed by atoms with van der Waals surface area (Å²) in [6.45, 7) is 10.7. The lowest BCUT2D eigenvalue weighted by Gasteiger charge is -2.30. The van der Waals surface area contributed by atoms with Crippen LogP contribution in [0.25, 0.3) is 0 Å². The molecule has 36 heavy (non-hydrogen) atoms. The predicted octanol–water partition coefficient (Wildman–Crippen LogP) is 2.57. The van der Waals surface area contributed by atoms with E-state index >= 15 is 0 Å². The lowest BCUT2D eigenvalue weighted by Crippen LogP contribution is -2.39. The second-order valence-corrected chi connectivity index (χ2v) is 11.2. The van der Waals surface area contributed by atoms with Crippen molar-refractivity contribution in [1.82, 2.24) is 0 Å². The van der Waals surface area contributed by atoms with Crippen LogP contribution in [0.1, 0.15) is 73.6 Å². The first kappa shape index (κ1) is 30.7. The van der Waals surface area contributed by atoms with E-state index in [2.05, 4.69) is 0 Å². The third kappa shape index (κ3) is 9.08. The Balaban J connectivity index is 2.10. The first-order chi connectivity index (χ1) is 16.7. The highest BCUT2D eigenvalue weighted by Crippen LogP contribution is 2.37. The molecule has 0 bridgehead atoms. The third-order valence-electron chi connectivity index (χ3n) is 7.40. The van der Waals surface area contributed by atoms with Gasteiger partial charge in [-0.05, 0) is 45.6 Å². The monoisotopic (exact) mass is 510 g/mol. The highest BCUT2D eigenvalue weighted by atomic mass is 16.6. The standard InChI is InChI=1S/C28H46O8/c1-7-21(30)19(4)26-22(35-26)16-27(5,33)13-8-9-17(2)25-18(3)10-11-23(31)28(6,34)14-12-20(29)15-24(32)36-25/h8-11,13,18-23,25-26,29-31,33-34H,7,12,14-16H2,1-6H3. The van der Waals surface area contributed by atoms with E-state index < -0.39 is 41.6 Å². The summed E-state index contributed by atoms with van der Waals surface area (Å²) in [5.74, 6) is -0.848. The summed E-state index contributed by atoms with van der Waals surface area (Å²) in [4.78, 5) is 12.5. The molecule has 1 saturated heterocycles. The van der Waals surface area contributed by atoms with Gasteiger partial charge >= 0.3 is 5.97 Å². The van der Waals surface area contributed by atoms with E-state index in [9.17, 15) is 30.3 Å². The fourth-order valence-corrected chi connectivity index (χ4v) is 4.65. The molecule has 0 aliphatic carbocycles. The summed E-state index contributed by atoms with van der Waals surface area (Å²) < 4.78 is 11.4. The van der Waals surface area contributed by atoms with Crippen LogP contribution in [0.2, 0.25) is 0 Å². The summed E-state index contributed by atoms with van der Waals surface area (Å²) in [5.41, 5.74) is -1.83. The van der Waals surface area contributed by atoms with Gasteiger partial charge in [0.15, 0.2) is 0 Å². The van der Waals surface area contributed by atoms with Crippen LogP contribution < -0.4 is 0 Å². The molecule has 2 rings (SSSR count). The Morgan fingerprint density at radius 3 is 2.64 bits per heavy atom. The van der Waals surface area contributed by atoms with Gasteiger partial charge in [0.05, 0.1) is 42.0 Å². The summed E-state index contributed by atoms with van der Waals surface area (Å²) in [7, 11) is 0. The number of esters is 1. The maximum atomic E-state index is 12.5. The van der Waals surface area contributed by atoms with Gasteiger partial charge in [-0.15, -0.1) is 0 Å². The van der Waals surface area contributed by atoms with Gasteiger partial charge in [0.2, 0.25) is 0 Å². The van der Waals surface area contributed by atoms with Gasteiger partial charge in [-0.25, -0.2) is 0 Å². The molecule has 2 aliphatic heterocycles. The zero-order valence-corrected chi connectivity index (χ0v) is 22.5. The smallest absolute Gasteiger partial charge is 0.309 e. The van der Waals surface area contributed by atoms with Gasteiger partial charge in [-0.1, -0.05) is 51.2 Å². The maximum absolute atomic E-state index is 12.5. The highest BCUT2D eigenvalue weighted by Gasteiger charge is 2.47. The Kier molecular flexibility index (Phi) is 10.9. The average Bonchev–Trinajstić information content (AvgIpc) is 3.55. The SMILES string of the molecule is CCC(O)C(C)C1OC1CC(C)(O)C=CC=C(C)C1OC(=O)CC(O)CCC(C)(O)C(O)C=CC1C. The fourth-order valence-electron chi connectivity index (χ4n) is 4.65. The van der Waals surface area contributed by atoms with Crippen molar-refractivity contribution < 1.29 is 39.8 Å². The minimum Gasteiger partial charge on any atom is -0.457 e. The van der Waals surface area contributed by atoms with Gasteiger partial charge < -0.3 is 35.0 Å². The topological polar surface area (TPSA) is 140 Å². The van der Waals surface area contributed by atoms with E-state index in [4.69, 9.17) is 9.47 Å². The molecule has 0 aromatic heterocycles. The van der Waals surface area contributed by atoms with E-state index in [0.717, 1.165) is 5.57 Å². The minimum absolute atomic E-state index is 0.00739. The second-order valence-electron chi connectivity index (χ2n) is 11.2. The molecule has 2 aliphatic rings. The number of carbonyl (C=O) groups excluding carboxylic acids is 1. The van der Waals surface area contributed by atoms with E-state index in [1.807, 2.05) is 27.7 Å². The van der Waals surface area contributed by atoms with Crippen molar-refractivity contribution in [3.8, 4) is 0 Å². The van der Waals surface area contributed by atoms with Gasteiger partial charge in [0.25, 0.3) is 0 Å². The average molecular weight is 511 g/mol. The largest absolute Gasteiger partial charge is 0.457 e. The third-order valence-corrected chi connectivity index (χ3v) is 7.40. The molecule has 0 radical (unpaired) electrons. The van der Waals surface area contributed by atoms with Crippen molar-refractivity contribution in [1.29, 1.82) is 0 Å². The maximum Gasteiger partial charge on any atom is 0.309 e. The Hall–Kier alpha value is -1.55. The van der Waals surface area contributed by atoms with Crippen LogP contribution >= 0.6 is 0 Å². The molecule has 0 amide bonds. The van der Waals surface area contributed by atoms with Gasteiger partial charge in [0.1, 0.15) is 12.2 Å². The summed E-state index contributed by atoms with van der Waals surface area (Å²) in [5, 5.41) is 52.0. The van der Waals surface area contributed by atoms with Crippen molar-refractivity contribution in [2.24, 2.45) is 11.8 Å². The number of allylic oxidation sites excluding steroid dienone is 2. The number of carbonyl (C=O) groups is 1. The molecule has 1 fully saturated rings. The number of ether oxygens (including phenoxy) is 2. The Morgan fingerprint density at radius 2 is 2.00 bits per heavy atom. The highest BCUT2D eigenvalue weighted by molar-refractivity contribution is 5.70. The lowest BCUT2D eigenvalue weighted by atomic mass is 9.89. The molecule has 0 saturated carbocycles. The number of hydrogen-bond donors (Lipinski definition) is 5. The Morgan fingerprint density at radius 1 is 1.33 bits per heavy atom. The van der Waals surface area contributed by atoms with Crippen molar-refractivity contribution in [2.45, 2.75) is 121 Å². The first-order valence-corrected chi connectivity index (χ1v) is 13.0. The summed E-state index contributed by atoms with van der Waals surface area (Å²) in [6.07, 6.45) is 6.13. The molecule has 0 aromatic rings. The van der Waals surface area contributed by atoms with Crippen LogP contribution in [0.5, 0.6) is 0 Å². The molecular formula is C28H46O8. The van der Waals surface area contributed by atoms with Crippen LogP contribution in [0, 0.1) is 11.8 Å². The zero-order valence-electron chi connectivity index (χ0n) is 22.5. The van der Waals surface area contributed by atoms with Crippen molar-refractivity contribution in [3.05, 3.63) is 36.0 Å². The van der Waals surface area contributed by atoms with Crippen molar-refractivity contribution in [2.75, 3.05) is 0 Å². The summed E-state index contributed by atoms with van der Waals surface area (Å²) in [6, 6.07) is 0. The molecule has 0 aromatic carbocycles. The second kappa shape index (κ2) is 12.8. The molecule has 206 valence electrons. The van der Waals surface area contributed by atoms with Crippen molar-refractivity contribution in [3.63, 3.8) is 0 Å². The van der Waals surface area contributed by atoms with Crippen LogP contribution in [-0.2, 0) is 14.3 Å². The normalized spacial score (nSPS) is 38.0. The number of epoxide rings is 1. The molecule has 8 heteroatoms. The number of rotatable bonds is 8. The van der Waals surface area contributed by atoms with Gasteiger partial charge in [-0.3, -0.25) is 4.79 Å². The Labute approximate surface area is 215 Å². The first-order valence-electron chi connectivity index (χ1n) is 13.0. The molecule has 2 heterocycles. The lowest BCUT2D eigenvalue weighted by molar-refractivity contribution is -0.151. The molecule has 10 atom stereocenters. The molecule has 0 spiro atoms. The summed E-state index contributed by atoms with van der Waals surface area (Å²) >= 11 is 0. The number of aliphatic hydroxyl groups is 5. The fraction of sp³-hybridized carbons (Fsp3) is 0.750. The van der Waals surface area contributed by atoms with E-state index in [-0.39, 0.29) is 43.3 Å². The van der Waals surface area contributed by atoms with E-state index in [1.54, 1.807) is 31.2 Å². The predicted molar refractivity (Wildman–Crippen MR) is 137 cm³/mol. The Bertz CT molecular complexity index is 814. The van der Waals surface area contributed by atoms with Gasteiger partial charge in [-0.2, -0.15) is 0 Å². The van der Waals surface area contributed by atoms with Crippen LogP contribution in [0.3, 0.4) is 0 Å². The molecule has 5 N–H and O–H groups in total. The van der Waals surface area contributed by atoms with Crippen LogP contribution in [0.4, 0.5) is 0 Å². The quantitative estimate of drug-likeness (QED) is 0.145. The zero-order chi connectivity index (χ0) is 27.3. The van der Waals surface area contributed by atoms with E-state index in [0.29, 0.717) is 12.8 Å². The molecule has 8 nitrogen and oxygen atoms in total. The van der Waals surface area contributed by atoms with Crippen LogP contribution in [-0.4, -0.2) is 79.3 Å². The molecule has 10 unspecified atom stereocenters. The van der Waals surface area contributed by atoms with E-state index in [1.165, 1.54) is 13.0 Å². The minimum atomic E-state index is -1.42. The molecular weight excluding hydrogens is 464 g/mol. The van der Waals surface area contributed by atoms with Crippen LogP contribution in [0.15, 0.2) is 36.0 Å². The number of aliphatic hydroxyl groups excluding tert-OH is 3. The number of cyclic esters (lactones) is 1. The van der Waals surface area contributed by atoms with Gasteiger partial charge in [0, 0.05) is 18.3 Å². The number of hydrogen-bond acceptors (Lipinski definition) is 8. The van der Waals surface area contributed by atoms with Crippen molar-refractivity contribution >= 4 is 5.97 Å².